The zero-order valence-corrected chi connectivity index (χ0v) is 17.9. The fourth-order valence-corrected chi connectivity index (χ4v) is 4.36. The molecule has 0 amide bonds. The van der Waals surface area contributed by atoms with Gasteiger partial charge in [0.25, 0.3) is 0 Å². The number of pyridine rings is 1. The quantitative estimate of drug-likeness (QED) is 0.548. The number of carbonyl (C=O) groups is 1. The Morgan fingerprint density at radius 1 is 1.16 bits per heavy atom. The summed E-state index contributed by atoms with van der Waals surface area (Å²) in [5.74, 6) is -0.483. The minimum atomic E-state index is -4.43. The Balaban J connectivity index is 1.54. The van der Waals surface area contributed by atoms with Crippen LogP contribution < -0.4 is 4.90 Å². The molecule has 1 aromatic carbocycles. The summed E-state index contributed by atoms with van der Waals surface area (Å²) < 4.78 is 39.3. The van der Waals surface area contributed by atoms with Gasteiger partial charge in [0.1, 0.15) is 11.9 Å². The molecule has 1 atom stereocenters. The zero-order chi connectivity index (χ0) is 22.2. The highest BCUT2D eigenvalue weighted by atomic mass is 79.9. The van der Waals surface area contributed by atoms with E-state index in [0.29, 0.717) is 44.0 Å². The molecule has 1 aliphatic heterocycles. The van der Waals surface area contributed by atoms with Gasteiger partial charge in [-0.25, -0.2) is 4.98 Å². The molecule has 2 N–H and O–H groups in total. The smallest absolute Gasteiger partial charge is 0.417 e. The minimum absolute atomic E-state index is 0.447. The van der Waals surface area contributed by atoms with Crippen LogP contribution in [0.5, 0.6) is 0 Å². The molecule has 1 fully saturated rings. The summed E-state index contributed by atoms with van der Waals surface area (Å²) in [4.78, 5) is 23.1. The Bertz CT molecular complexity index is 1080. The minimum Gasteiger partial charge on any atom is -0.480 e. The molecule has 0 aliphatic carbocycles. The van der Waals surface area contributed by atoms with Crippen molar-refractivity contribution < 1.29 is 23.1 Å². The van der Waals surface area contributed by atoms with E-state index in [0.717, 1.165) is 27.6 Å². The van der Waals surface area contributed by atoms with Gasteiger partial charge in [-0.2, -0.15) is 13.2 Å². The number of rotatable bonds is 4. The van der Waals surface area contributed by atoms with Crippen LogP contribution in [-0.2, 0) is 11.0 Å². The monoisotopic (exact) mass is 496 g/mol. The molecule has 6 nitrogen and oxygen atoms in total. The molecule has 4 rings (SSSR count). The van der Waals surface area contributed by atoms with E-state index < -0.39 is 23.8 Å². The van der Waals surface area contributed by atoms with Gasteiger partial charge >= 0.3 is 12.1 Å². The van der Waals surface area contributed by atoms with Crippen molar-refractivity contribution in [3.8, 4) is 0 Å². The summed E-state index contributed by atoms with van der Waals surface area (Å²) in [5.41, 5.74) is 0.752. The number of aromatic amines is 1. The number of H-pyrrole nitrogens is 1. The van der Waals surface area contributed by atoms with E-state index in [1.54, 1.807) is 6.20 Å². The van der Waals surface area contributed by atoms with Crippen molar-refractivity contribution in [3.05, 3.63) is 58.3 Å². The fraction of sp³-hybridized carbons (Fsp3) is 0.333. The molecule has 0 spiro atoms. The summed E-state index contributed by atoms with van der Waals surface area (Å²) in [7, 11) is 0. The number of hydrogen-bond acceptors (Lipinski definition) is 4. The van der Waals surface area contributed by atoms with Crippen LogP contribution in [0.25, 0.3) is 10.9 Å². The summed E-state index contributed by atoms with van der Waals surface area (Å²) in [6.45, 7) is 2.05. The van der Waals surface area contributed by atoms with Crippen LogP contribution in [-0.4, -0.2) is 52.1 Å². The molecule has 3 aromatic rings. The molecule has 164 valence electrons. The Morgan fingerprint density at radius 2 is 1.97 bits per heavy atom. The number of hydrogen-bond donors (Lipinski definition) is 2. The Kier molecular flexibility index (Phi) is 5.94. The van der Waals surface area contributed by atoms with Crippen LogP contribution in [0, 0.1) is 0 Å². The molecule has 10 heteroatoms. The summed E-state index contributed by atoms with van der Waals surface area (Å²) >= 11 is 3.42. The van der Waals surface area contributed by atoms with Crippen LogP contribution >= 0.6 is 15.9 Å². The van der Waals surface area contributed by atoms with Crippen LogP contribution in [0.3, 0.4) is 0 Å². The van der Waals surface area contributed by atoms with Crippen molar-refractivity contribution in [2.75, 3.05) is 31.1 Å². The number of aromatic nitrogens is 2. The van der Waals surface area contributed by atoms with Crippen LogP contribution in [0.2, 0.25) is 0 Å². The van der Waals surface area contributed by atoms with Gasteiger partial charge in [0, 0.05) is 59.5 Å². The van der Waals surface area contributed by atoms with Gasteiger partial charge in [0.15, 0.2) is 0 Å². The number of halogens is 4. The maximum atomic E-state index is 12.8. The predicted octanol–water partition coefficient (Wildman–Crippen LogP) is 4.68. The van der Waals surface area contributed by atoms with E-state index in [1.807, 2.05) is 28.0 Å². The molecule has 2 aromatic heterocycles. The van der Waals surface area contributed by atoms with Gasteiger partial charge in [-0.3, -0.25) is 9.69 Å². The molecule has 31 heavy (non-hydrogen) atoms. The van der Waals surface area contributed by atoms with Gasteiger partial charge in [-0.05, 0) is 30.7 Å². The highest BCUT2D eigenvalue weighted by molar-refractivity contribution is 9.10. The van der Waals surface area contributed by atoms with E-state index in [1.165, 1.54) is 6.07 Å². The number of nitrogens with zero attached hydrogens (tertiary/aromatic N) is 3. The number of nitrogens with one attached hydrogen (secondary N) is 1. The number of benzene rings is 1. The average molecular weight is 497 g/mol. The number of carboxylic acids is 1. The highest BCUT2D eigenvalue weighted by Gasteiger charge is 2.33. The first kappa shape index (κ1) is 21.6. The lowest BCUT2D eigenvalue weighted by Crippen LogP contribution is -2.37. The predicted molar refractivity (Wildman–Crippen MR) is 114 cm³/mol. The average Bonchev–Trinajstić information content (AvgIpc) is 2.96. The first-order valence-electron chi connectivity index (χ1n) is 9.75. The van der Waals surface area contributed by atoms with Gasteiger partial charge in [0.2, 0.25) is 0 Å². The number of alkyl halides is 3. The van der Waals surface area contributed by atoms with Crippen LogP contribution in [0.1, 0.15) is 23.6 Å². The van der Waals surface area contributed by atoms with E-state index in [9.17, 15) is 23.1 Å². The largest absolute Gasteiger partial charge is 0.480 e. The van der Waals surface area contributed by atoms with Crippen molar-refractivity contribution in [2.24, 2.45) is 0 Å². The van der Waals surface area contributed by atoms with Crippen molar-refractivity contribution in [1.29, 1.82) is 0 Å². The van der Waals surface area contributed by atoms with Gasteiger partial charge in [-0.15, -0.1) is 0 Å². The van der Waals surface area contributed by atoms with E-state index in [4.69, 9.17) is 0 Å². The third-order valence-electron chi connectivity index (χ3n) is 5.50. The lowest BCUT2D eigenvalue weighted by atomic mass is 10.0. The SMILES string of the molecule is O=C(O)[C@H](c1c[nH]c2cc(Br)ccc12)N1CCCN(c2ccc(C(F)(F)F)cn2)CC1. The molecule has 0 unspecified atom stereocenters. The lowest BCUT2D eigenvalue weighted by Gasteiger charge is -2.27. The molecule has 0 saturated carbocycles. The molecule has 3 heterocycles. The van der Waals surface area contributed by atoms with Crippen molar-refractivity contribution >= 4 is 38.6 Å². The van der Waals surface area contributed by atoms with E-state index >= 15 is 0 Å². The maximum absolute atomic E-state index is 12.8. The highest BCUT2D eigenvalue weighted by Crippen LogP contribution is 2.32. The Morgan fingerprint density at radius 3 is 2.65 bits per heavy atom. The van der Waals surface area contributed by atoms with Crippen LogP contribution in [0.4, 0.5) is 19.0 Å². The van der Waals surface area contributed by atoms with Gasteiger partial charge < -0.3 is 15.0 Å². The fourth-order valence-electron chi connectivity index (χ4n) is 4.00. The molecule has 1 saturated heterocycles. The third kappa shape index (κ3) is 4.54. The molecule has 1 aliphatic rings. The topological polar surface area (TPSA) is 72.5 Å². The molecular weight excluding hydrogens is 477 g/mol. The summed E-state index contributed by atoms with van der Waals surface area (Å²) in [5, 5.41) is 10.8. The normalized spacial score (nSPS) is 17.0. The van der Waals surface area contributed by atoms with Crippen molar-refractivity contribution in [1.82, 2.24) is 14.9 Å². The Hall–Kier alpha value is -2.59. The molecule has 0 bridgehead atoms. The number of aliphatic carboxylic acids is 1. The van der Waals surface area contributed by atoms with Crippen LogP contribution in [0.15, 0.2) is 47.2 Å². The van der Waals surface area contributed by atoms with E-state index in [2.05, 4.69) is 25.9 Å². The number of carboxylic acid groups (broad SMARTS) is 1. The zero-order valence-electron chi connectivity index (χ0n) is 16.4. The second kappa shape index (κ2) is 8.51. The number of fused-ring (bicyclic) bond motifs is 1. The number of anilines is 1. The molecular formula is C21H20BrF3N4O2. The van der Waals surface area contributed by atoms with E-state index in [-0.39, 0.29) is 0 Å². The van der Waals surface area contributed by atoms with Crippen molar-refractivity contribution in [3.63, 3.8) is 0 Å². The van der Waals surface area contributed by atoms with Crippen molar-refractivity contribution in [2.45, 2.75) is 18.6 Å². The first-order chi connectivity index (χ1) is 14.7. The standard InChI is InChI=1S/C21H20BrF3N4O2/c22-14-3-4-15-16(12-26-17(15)10-14)19(20(30)31)29-7-1-6-28(8-9-29)18-5-2-13(11-27-18)21(23,24)25/h2-5,10-12,19,26H,1,6-9H2,(H,30,31)/t19-/m0/s1. The lowest BCUT2D eigenvalue weighted by molar-refractivity contribution is -0.143. The maximum Gasteiger partial charge on any atom is 0.417 e. The summed E-state index contributed by atoms with van der Waals surface area (Å²) in [6.07, 6.45) is -1.19. The Labute approximate surface area is 184 Å². The van der Waals surface area contributed by atoms with Gasteiger partial charge in [0.05, 0.1) is 5.56 Å². The van der Waals surface area contributed by atoms with Gasteiger partial charge in [-0.1, -0.05) is 22.0 Å². The second-order valence-electron chi connectivity index (χ2n) is 7.45. The molecule has 0 radical (unpaired) electrons. The summed E-state index contributed by atoms with van der Waals surface area (Å²) in [6, 6.07) is 7.23. The first-order valence-corrected chi connectivity index (χ1v) is 10.5. The second-order valence-corrected chi connectivity index (χ2v) is 8.37. The third-order valence-corrected chi connectivity index (χ3v) is 5.99.